The summed E-state index contributed by atoms with van der Waals surface area (Å²) in [5.74, 6) is -2.99. The van der Waals surface area contributed by atoms with Gasteiger partial charge in [0.25, 0.3) is 11.8 Å². The molecule has 0 N–H and O–H groups in total. The van der Waals surface area contributed by atoms with E-state index in [1.807, 2.05) is 0 Å². The smallest absolute Gasteiger partial charge is 0.417 e. The molecule has 1 aliphatic rings. The highest BCUT2D eigenvalue weighted by Crippen LogP contribution is 2.24. The van der Waals surface area contributed by atoms with E-state index in [0.717, 1.165) is 0 Å². The van der Waals surface area contributed by atoms with Crippen LogP contribution in [0.3, 0.4) is 0 Å². The summed E-state index contributed by atoms with van der Waals surface area (Å²) in [6.07, 6.45) is -2.44. The molecule has 1 atom stereocenters. The number of hydrogen-bond acceptors (Lipinski definition) is 6. The van der Waals surface area contributed by atoms with Crippen molar-refractivity contribution in [3.63, 3.8) is 0 Å². The van der Waals surface area contributed by atoms with E-state index in [9.17, 15) is 19.2 Å². The molecule has 0 aromatic carbocycles. The Balaban J connectivity index is 3.40. The Kier molecular flexibility index (Phi) is 4.96. The largest absolute Gasteiger partial charge is 0.443 e. The highest BCUT2D eigenvalue weighted by atomic mass is 16.6. The van der Waals surface area contributed by atoms with Crippen molar-refractivity contribution in [3.8, 4) is 0 Å². The van der Waals surface area contributed by atoms with Gasteiger partial charge in [-0.1, -0.05) is 13.8 Å². The van der Waals surface area contributed by atoms with Crippen molar-refractivity contribution >= 4 is 24.0 Å². The number of carbonyl (C=O) groups is 4. The van der Waals surface area contributed by atoms with E-state index in [4.69, 9.17) is 12.2 Å². The first-order valence-electron chi connectivity index (χ1n) is 9.04. The van der Waals surface area contributed by atoms with Gasteiger partial charge in [-0.15, -0.1) is 0 Å². The highest BCUT2D eigenvalue weighted by Gasteiger charge is 2.48. The molecule has 0 spiro atoms. The molecule has 8 heteroatoms. The molecular formula is C17H28N2O6. The second kappa shape index (κ2) is 7.01. The lowest BCUT2D eigenvalue weighted by Gasteiger charge is -2.40. The number of piperazine rings is 1. The van der Waals surface area contributed by atoms with Gasteiger partial charge < -0.3 is 9.47 Å². The van der Waals surface area contributed by atoms with Crippen molar-refractivity contribution in [2.45, 2.75) is 72.6 Å². The van der Waals surface area contributed by atoms with E-state index < -0.39 is 53.7 Å². The van der Waals surface area contributed by atoms with Crippen LogP contribution in [0.2, 0.25) is 0 Å². The molecule has 1 rings (SSSR count). The lowest BCUT2D eigenvalue weighted by atomic mass is 9.99. The second-order valence-electron chi connectivity index (χ2n) is 8.11. The Hall–Kier alpha value is -2.12. The van der Waals surface area contributed by atoms with Crippen LogP contribution in [-0.2, 0) is 19.1 Å². The zero-order valence-corrected chi connectivity index (χ0v) is 16.0. The molecule has 0 aliphatic carbocycles. The van der Waals surface area contributed by atoms with Crippen LogP contribution in [0, 0.1) is 5.92 Å². The van der Waals surface area contributed by atoms with Crippen LogP contribution in [0.4, 0.5) is 9.59 Å². The van der Waals surface area contributed by atoms with Gasteiger partial charge in [0.2, 0.25) is 0 Å². The zero-order valence-electron chi connectivity index (χ0n) is 18.0. The van der Waals surface area contributed by atoms with Crippen molar-refractivity contribution < 1.29 is 31.4 Å². The van der Waals surface area contributed by atoms with E-state index >= 15 is 0 Å². The molecule has 4 amide bonds. The number of amides is 4. The van der Waals surface area contributed by atoms with E-state index in [0.29, 0.717) is 4.90 Å². The Morgan fingerprint density at radius 2 is 1.48 bits per heavy atom. The van der Waals surface area contributed by atoms with Crippen LogP contribution in [-0.4, -0.2) is 57.5 Å². The Morgan fingerprint density at radius 3 is 1.88 bits per heavy atom. The van der Waals surface area contributed by atoms with Gasteiger partial charge in [-0.25, -0.2) is 19.4 Å². The van der Waals surface area contributed by atoms with Gasteiger partial charge >= 0.3 is 12.2 Å². The van der Waals surface area contributed by atoms with E-state index in [-0.39, 0.29) is 4.90 Å². The van der Waals surface area contributed by atoms with Crippen LogP contribution in [0.5, 0.6) is 0 Å². The minimum atomic E-state index is -3.10. The van der Waals surface area contributed by atoms with Crippen LogP contribution in [0.15, 0.2) is 0 Å². The maximum absolute atomic E-state index is 12.9. The lowest BCUT2D eigenvalue weighted by molar-refractivity contribution is -0.155. The molecule has 0 aromatic rings. The first-order chi connectivity index (χ1) is 11.9. The minimum absolute atomic E-state index is 0.145. The zero-order chi connectivity index (χ0) is 21.5. The monoisotopic (exact) mass is 358 g/mol. The SMILES string of the molecule is [2H]C1([2H])C(=O)N(C(=O)OC(C)(C)C)[C@@H](C(C)C)C(=O)N1C(=O)OC(C)(C)C. The number of imide groups is 2. The van der Waals surface area contributed by atoms with Crippen LogP contribution in [0.1, 0.15) is 58.1 Å². The first kappa shape index (κ1) is 17.7. The third kappa shape index (κ3) is 5.44. The number of ether oxygens (including phenoxy) is 2. The van der Waals surface area contributed by atoms with Crippen molar-refractivity contribution in [2.24, 2.45) is 5.92 Å². The van der Waals surface area contributed by atoms with E-state index in [1.165, 1.54) is 0 Å². The molecule has 8 nitrogen and oxygen atoms in total. The summed E-state index contributed by atoms with van der Waals surface area (Å²) in [5.41, 5.74) is -1.97. The summed E-state index contributed by atoms with van der Waals surface area (Å²) in [6, 6.07) is -1.40. The maximum Gasteiger partial charge on any atom is 0.417 e. The predicted octanol–water partition coefficient (Wildman–Crippen LogP) is 2.55. The number of rotatable bonds is 1. The molecule has 0 aromatic heterocycles. The van der Waals surface area contributed by atoms with Crippen molar-refractivity contribution in [1.82, 2.24) is 9.80 Å². The van der Waals surface area contributed by atoms with Gasteiger partial charge in [-0.3, -0.25) is 9.59 Å². The summed E-state index contributed by atoms with van der Waals surface area (Å²) in [7, 11) is 0. The third-order valence-corrected chi connectivity index (χ3v) is 2.98. The Morgan fingerprint density at radius 1 is 1.04 bits per heavy atom. The second-order valence-corrected chi connectivity index (χ2v) is 8.11. The summed E-state index contributed by atoms with van der Waals surface area (Å²) in [5, 5.41) is 0. The predicted molar refractivity (Wildman–Crippen MR) is 89.7 cm³/mol. The number of nitrogens with zero attached hydrogens (tertiary/aromatic N) is 2. The molecule has 0 saturated carbocycles. The lowest BCUT2D eigenvalue weighted by Crippen LogP contribution is -2.65. The Bertz CT molecular complexity index is 649. The quantitative estimate of drug-likeness (QED) is 0.715. The topological polar surface area (TPSA) is 93.2 Å². The molecule has 1 aliphatic heterocycles. The molecular weight excluding hydrogens is 328 g/mol. The van der Waals surface area contributed by atoms with Crippen LogP contribution in [0.25, 0.3) is 0 Å². The molecule has 25 heavy (non-hydrogen) atoms. The van der Waals surface area contributed by atoms with Crippen molar-refractivity contribution in [3.05, 3.63) is 0 Å². The van der Waals surface area contributed by atoms with Crippen LogP contribution < -0.4 is 0 Å². The molecule has 0 radical (unpaired) electrons. The Labute approximate surface area is 151 Å². The summed E-state index contributed by atoms with van der Waals surface area (Å²) >= 11 is 0. The number of carbonyl (C=O) groups excluding carboxylic acids is 4. The normalized spacial score (nSPS) is 22.5. The van der Waals surface area contributed by atoms with Gasteiger partial charge in [0.15, 0.2) is 0 Å². The van der Waals surface area contributed by atoms with Gasteiger partial charge in [0.1, 0.15) is 23.7 Å². The molecule has 1 heterocycles. The maximum atomic E-state index is 12.9. The fourth-order valence-electron chi connectivity index (χ4n) is 2.11. The fourth-order valence-corrected chi connectivity index (χ4v) is 2.11. The summed E-state index contributed by atoms with van der Waals surface area (Å²) in [4.78, 5) is 51.2. The van der Waals surface area contributed by atoms with Crippen LogP contribution >= 0.6 is 0 Å². The molecule has 0 bridgehead atoms. The standard InChI is InChI=1S/C17H28N2O6/c1-10(2)12-13(21)18(14(22)24-16(3,4)5)9-11(20)19(12)15(23)25-17(6,7)8/h10,12H,9H2,1-8H3/t12-/m0/s1/i9D2. The first-order valence-corrected chi connectivity index (χ1v) is 8.04. The highest BCUT2D eigenvalue weighted by molar-refractivity contribution is 6.08. The molecule has 142 valence electrons. The fraction of sp³-hybridized carbons (Fsp3) is 0.765. The van der Waals surface area contributed by atoms with Gasteiger partial charge in [-0.05, 0) is 47.5 Å². The molecule has 1 saturated heterocycles. The number of hydrogen-bond donors (Lipinski definition) is 0. The average Bonchev–Trinajstić information content (AvgIpc) is 2.37. The van der Waals surface area contributed by atoms with E-state index in [2.05, 4.69) is 0 Å². The summed E-state index contributed by atoms with van der Waals surface area (Å²) < 4.78 is 26.3. The third-order valence-electron chi connectivity index (χ3n) is 2.98. The minimum Gasteiger partial charge on any atom is -0.443 e. The van der Waals surface area contributed by atoms with Gasteiger partial charge in [-0.2, -0.15) is 0 Å². The molecule has 0 unspecified atom stereocenters. The van der Waals surface area contributed by atoms with Gasteiger partial charge in [0, 0.05) is 0 Å². The summed E-state index contributed by atoms with van der Waals surface area (Å²) in [6.45, 7) is 9.41. The van der Waals surface area contributed by atoms with Crippen molar-refractivity contribution in [1.29, 1.82) is 0 Å². The molecule has 1 fully saturated rings. The average molecular weight is 358 g/mol. The van der Waals surface area contributed by atoms with Gasteiger partial charge in [0.05, 0.1) is 2.74 Å². The van der Waals surface area contributed by atoms with E-state index in [1.54, 1.807) is 55.4 Å². The van der Waals surface area contributed by atoms with Crippen molar-refractivity contribution in [2.75, 3.05) is 6.50 Å².